The van der Waals surface area contributed by atoms with E-state index in [1.165, 1.54) is 0 Å². The fraction of sp³-hybridized carbons (Fsp3) is 0.200. The van der Waals surface area contributed by atoms with E-state index in [0.717, 1.165) is 5.57 Å². The first-order valence-electron chi connectivity index (χ1n) is 3.99. The van der Waals surface area contributed by atoms with Crippen molar-refractivity contribution in [1.82, 2.24) is 0 Å². The first kappa shape index (κ1) is 11.8. The van der Waals surface area contributed by atoms with Crippen LogP contribution in [0.2, 0.25) is 10.0 Å². The predicted molar refractivity (Wildman–Crippen MR) is 65.0 cm³/mol. The van der Waals surface area contributed by atoms with Crippen molar-refractivity contribution in [2.24, 2.45) is 0 Å². The number of rotatable bonds is 4. The summed E-state index contributed by atoms with van der Waals surface area (Å²) in [7, 11) is 0. The van der Waals surface area contributed by atoms with E-state index in [2.05, 4.69) is 19.2 Å². The molecular formula is C10H10Cl2OS. The molecule has 0 bridgehead atoms. The molecule has 14 heavy (non-hydrogen) atoms. The summed E-state index contributed by atoms with van der Waals surface area (Å²) in [5, 5.41) is 0.918. The van der Waals surface area contributed by atoms with Gasteiger partial charge in [-0.2, -0.15) is 12.6 Å². The fourth-order valence-corrected chi connectivity index (χ4v) is 1.26. The number of hydrogen-bond acceptors (Lipinski definition) is 2. The van der Waals surface area contributed by atoms with E-state index in [4.69, 9.17) is 27.9 Å². The number of hydrogen-bond donors (Lipinski definition) is 1. The molecule has 0 unspecified atom stereocenters. The maximum atomic E-state index is 5.91. The zero-order valence-corrected chi connectivity index (χ0v) is 9.87. The Balaban J connectivity index is 2.68. The van der Waals surface area contributed by atoms with Crippen molar-refractivity contribution in [3.8, 4) is 5.75 Å². The van der Waals surface area contributed by atoms with Crippen LogP contribution in [0.3, 0.4) is 0 Å². The van der Waals surface area contributed by atoms with Gasteiger partial charge in [0.2, 0.25) is 0 Å². The topological polar surface area (TPSA) is 9.23 Å². The SMILES string of the molecule is C=C(CS)COc1cccc(Cl)c1Cl. The molecule has 0 aromatic heterocycles. The van der Waals surface area contributed by atoms with Gasteiger partial charge in [-0.05, 0) is 17.7 Å². The molecule has 4 heteroatoms. The van der Waals surface area contributed by atoms with Crippen LogP contribution in [0.25, 0.3) is 0 Å². The van der Waals surface area contributed by atoms with Crippen LogP contribution < -0.4 is 4.74 Å². The van der Waals surface area contributed by atoms with Crippen molar-refractivity contribution in [2.45, 2.75) is 0 Å². The Labute approximate surface area is 99.1 Å². The standard InChI is InChI=1S/C10H10Cl2OS/c1-7(6-14)5-13-9-4-2-3-8(11)10(9)12/h2-4,14H,1,5-6H2. The minimum absolute atomic E-state index is 0.406. The second-order valence-corrected chi connectivity index (χ2v) is 3.85. The smallest absolute Gasteiger partial charge is 0.139 e. The van der Waals surface area contributed by atoms with E-state index in [-0.39, 0.29) is 0 Å². The van der Waals surface area contributed by atoms with E-state index in [1.54, 1.807) is 18.2 Å². The fourth-order valence-electron chi connectivity index (χ4n) is 0.821. The van der Waals surface area contributed by atoms with Crippen molar-refractivity contribution >= 4 is 35.8 Å². The predicted octanol–water partition coefficient (Wildman–Crippen LogP) is 3.86. The molecule has 0 spiro atoms. The molecule has 1 nitrogen and oxygen atoms in total. The first-order valence-corrected chi connectivity index (χ1v) is 5.38. The molecule has 1 rings (SSSR count). The third-order valence-electron chi connectivity index (χ3n) is 1.57. The maximum absolute atomic E-state index is 5.91. The number of thiol groups is 1. The normalized spacial score (nSPS) is 9.93. The van der Waals surface area contributed by atoms with Gasteiger partial charge in [-0.15, -0.1) is 0 Å². The van der Waals surface area contributed by atoms with Gasteiger partial charge in [0.05, 0.1) is 5.02 Å². The molecule has 0 aliphatic carbocycles. The molecule has 0 radical (unpaired) electrons. The summed E-state index contributed by atoms with van der Waals surface area (Å²) in [5.74, 6) is 1.17. The van der Waals surface area contributed by atoms with Crippen molar-refractivity contribution in [1.29, 1.82) is 0 Å². The summed E-state index contributed by atoms with van der Waals surface area (Å²) >= 11 is 15.8. The van der Waals surface area contributed by atoms with Crippen LogP contribution in [0.1, 0.15) is 0 Å². The Bertz CT molecular complexity index is 339. The molecule has 0 atom stereocenters. The highest BCUT2D eigenvalue weighted by atomic mass is 35.5. The summed E-state index contributed by atoms with van der Waals surface area (Å²) < 4.78 is 5.41. The lowest BCUT2D eigenvalue weighted by atomic mass is 10.3. The Hall–Kier alpha value is -0.310. The molecule has 76 valence electrons. The number of benzene rings is 1. The summed E-state index contributed by atoms with van der Waals surface area (Å²) in [6, 6.07) is 5.26. The summed E-state index contributed by atoms with van der Waals surface area (Å²) in [5.41, 5.74) is 0.893. The largest absolute Gasteiger partial charge is 0.488 e. The molecule has 0 N–H and O–H groups in total. The summed E-state index contributed by atoms with van der Waals surface area (Å²) in [4.78, 5) is 0. The maximum Gasteiger partial charge on any atom is 0.139 e. The molecule has 0 aliphatic rings. The van der Waals surface area contributed by atoms with E-state index >= 15 is 0 Å². The van der Waals surface area contributed by atoms with Gasteiger partial charge in [-0.25, -0.2) is 0 Å². The van der Waals surface area contributed by atoms with E-state index < -0.39 is 0 Å². The third-order valence-corrected chi connectivity index (χ3v) is 2.82. The second kappa shape index (κ2) is 5.54. The number of ether oxygens (including phenoxy) is 1. The van der Waals surface area contributed by atoms with Gasteiger partial charge >= 0.3 is 0 Å². The van der Waals surface area contributed by atoms with Gasteiger partial charge in [-0.3, -0.25) is 0 Å². The number of halogens is 2. The lowest BCUT2D eigenvalue weighted by Crippen LogP contribution is -2.01. The first-order chi connectivity index (χ1) is 6.65. The van der Waals surface area contributed by atoms with Crippen LogP contribution in [0.4, 0.5) is 0 Å². The summed E-state index contributed by atoms with van der Waals surface area (Å²) in [6.07, 6.45) is 0. The zero-order valence-electron chi connectivity index (χ0n) is 7.46. The van der Waals surface area contributed by atoms with Gasteiger partial charge in [0.1, 0.15) is 17.4 Å². The molecule has 1 aromatic carbocycles. The highest BCUT2D eigenvalue weighted by molar-refractivity contribution is 7.80. The van der Waals surface area contributed by atoms with Gasteiger partial charge < -0.3 is 4.74 Å². The lowest BCUT2D eigenvalue weighted by Gasteiger charge is -2.08. The van der Waals surface area contributed by atoms with Crippen molar-refractivity contribution in [3.05, 3.63) is 40.4 Å². The van der Waals surface area contributed by atoms with Gasteiger partial charge in [0.25, 0.3) is 0 Å². The molecule has 0 amide bonds. The Morgan fingerprint density at radius 1 is 1.43 bits per heavy atom. The monoisotopic (exact) mass is 248 g/mol. The highest BCUT2D eigenvalue weighted by Gasteiger charge is 2.05. The molecule has 0 fully saturated rings. The van der Waals surface area contributed by atoms with Crippen molar-refractivity contribution in [2.75, 3.05) is 12.4 Å². The third kappa shape index (κ3) is 3.12. The van der Waals surface area contributed by atoms with E-state index in [9.17, 15) is 0 Å². The van der Waals surface area contributed by atoms with Gasteiger partial charge in [0.15, 0.2) is 0 Å². The molecular weight excluding hydrogens is 239 g/mol. The highest BCUT2D eigenvalue weighted by Crippen LogP contribution is 2.31. The minimum Gasteiger partial charge on any atom is -0.488 e. The quantitative estimate of drug-likeness (QED) is 0.629. The van der Waals surface area contributed by atoms with Crippen LogP contribution in [-0.2, 0) is 0 Å². The van der Waals surface area contributed by atoms with Crippen LogP contribution in [0.5, 0.6) is 5.75 Å². The van der Waals surface area contributed by atoms with Gasteiger partial charge in [-0.1, -0.05) is 35.8 Å². The van der Waals surface area contributed by atoms with Crippen LogP contribution >= 0.6 is 35.8 Å². The van der Waals surface area contributed by atoms with Crippen LogP contribution in [0.15, 0.2) is 30.4 Å². The Kier molecular flexibility index (Phi) is 4.66. The molecule has 0 saturated carbocycles. The molecule has 0 aliphatic heterocycles. The zero-order chi connectivity index (χ0) is 10.6. The van der Waals surface area contributed by atoms with Gasteiger partial charge in [0, 0.05) is 5.75 Å². The minimum atomic E-state index is 0.406. The van der Waals surface area contributed by atoms with E-state index in [0.29, 0.717) is 28.2 Å². The van der Waals surface area contributed by atoms with Crippen molar-refractivity contribution < 1.29 is 4.74 Å². The van der Waals surface area contributed by atoms with Crippen molar-refractivity contribution in [3.63, 3.8) is 0 Å². The molecule has 0 saturated heterocycles. The van der Waals surface area contributed by atoms with Crippen LogP contribution in [-0.4, -0.2) is 12.4 Å². The lowest BCUT2D eigenvalue weighted by molar-refractivity contribution is 0.353. The van der Waals surface area contributed by atoms with Crippen LogP contribution in [0, 0.1) is 0 Å². The summed E-state index contributed by atoms with van der Waals surface area (Å²) in [6.45, 7) is 4.17. The average molecular weight is 249 g/mol. The molecule has 0 heterocycles. The van der Waals surface area contributed by atoms with E-state index in [1.807, 2.05) is 0 Å². The second-order valence-electron chi connectivity index (χ2n) is 2.75. The molecule has 1 aromatic rings. The Morgan fingerprint density at radius 2 is 2.14 bits per heavy atom. The Morgan fingerprint density at radius 3 is 2.79 bits per heavy atom. The average Bonchev–Trinajstić information content (AvgIpc) is 2.20.